The summed E-state index contributed by atoms with van der Waals surface area (Å²) in [4.78, 5) is 28.1. The molecular formula is C18H25N3O4. The van der Waals surface area contributed by atoms with Crippen LogP contribution >= 0.6 is 0 Å². The van der Waals surface area contributed by atoms with Gasteiger partial charge in [-0.1, -0.05) is 12.1 Å². The summed E-state index contributed by atoms with van der Waals surface area (Å²) in [7, 11) is 1.61. The summed E-state index contributed by atoms with van der Waals surface area (Å²) in [5.41, 5.74) is -0.661. The second-order valence-electron chi connectivity index (χ2n) is 6.93. The van der Waals surface area contributed by atoms with Crippen LogP contribution in [0.1, 0.15) is 13.8 Å². The number of hydrogen-bond acceptors (Lipinski definition) is 5. The molecule has 0 bridgehead atoms. The predicted octanol–water partition coefficient (Wildman–Crippen LogP) is 0.495. The average Bonchev–Trinajstić information content (AvgIpc) is 2.55. The predicted molar refractivity (Wildman–Crippen MR) is 92.7 cm³/mol. The molecule has 2 aliphatic rings. The van der Waals surface area contributed by atoms with Crippen molar-refractivity contribution >= 4 is 11.8 Å². The van der Waals surface area contributed by atoms with Crippen molar-refractivity contribution < 1.29 is 19.1 Å². The fourth-order valence-corrected chi connectivity index (χ4v) is 3.10. The zero-order valence-electron chi connectivity index (χ0n) is 14.9. The van der Waals surface area contributed by atoms with Gasteiger partial charge < -0.3 is 19.7 Å². The van der Waals surface area contributed by atoms with E-state index in [0.717, 1.165) is 0 Å². The van der Waals surface area contributed by atoms with E-state index in [2.05, 4.69) is 5.32 Å². The summed E-state index contributed by atoms with van der Waals surface area (Å²) in [6, 6.07) is 7.49. The van der Waals surface area contributed by atoms with Gasteiger partial charge in [-0.25, -0.2) is 0 Å². The number of para-hydroxylation sites is 2. The molecule has 0 spiro atoms. The topological polar surface area (TPSA) is 71.1 Å². The third-order valence-electron chi connectivity index (χ3n) is 4.90. The van der Waals surface area contributed by atoms with Gasteiger partial charge in [-0.2, -0.15) is 0 Å². The van der Waals surface area contributed by atoms with E-state index in [1.165, 1.54) is 0 Å². The van der Waals surface area contributed by atoms with Crippen molar-refractivity contribution in [3.63, 3.8) is 0 Å². The first-order valence-corrected chi connectivity index (χ1v) is 8.52. The van der Waals surface area contributed by atoms with E-state index in [1.54, 1.807) is 12.0 Å². The molecule has 7 heteroatoms. The number of carbonyl (C=O) groups excluding carboxylic acids is 2. The molecule has 2 saturated heterocycles. The van der Waals surface area contributed by atoms with E-state index < -0.39 is 5.54 Å². The van der Waals surface area contributed by atoms with Gasteiger partial charge in [0, 0.05) is 13.1 Å². The molecule has 25 heavy (non-hydrogen) atoms. The van der Waals surface area contributed by atoms with Crippen LogP contribution < -0.4 is 14.8 Å². The minimum Gasteiger partial charge on any atom is -0.493 e. The monoisotopic (exact) mass is 347 g/mol. The summed E-state index contributed by atoms with van der Waals surface area (Å²) in [6.45, 7) is 6.31. The normalized spacial score (nSPS) is 20.6. The van der Waals surface area contributed by atoms with Gasteiger partial charge in [-0.15, -0.1) is 0 Å². The van der Waals surface area contributed by atoms with Crippen LogP contribution in [0.15, 0.2) is 24.3 Å². The molecule has 0 unspecified atom stereocenters. The van der Waals surface area contributed by atoms with Crippen molar-refractivity contribution in [2.45, 2.75) is 25.5 Å². The lowest BCUT2D eigenvalue weighted by molar-refractivity contribution is -0.146. The van der Waals surface area contributed by atoms with E-state index in [9.17, 15) is 9.59 Å². The van der Waals surface area contributed by atoms with Crippen molar-refractivity contribution in [2.75, 3.05) is 39.8 Å². The van der Waals surface area contributed by atoms with Crippen LogP contribution in [0.5, 0.6) is 11.5 Å². The van der Waals surface area contributed by atoms with Gasteiger partial charge >= 0.3 is 0 Å². The number of hydrogen-bond donors (Lipinski definition) is 1. The number of likely N-dealkylation sites (tertiary alicyclic amines) is 1. The molecule has 1 aromatic carbocycles. The molecule has 136 valence electrons. The van der Waals surface area contributed by atoms with Gasteiger partial charge in [0.1, 0.15) is 6.10 Å². The van der Waals surface area contributed by atoms with Crippen LogP contribution in [-0.4, -0.2) is 73.1 Å². The Morgan fingerprint density at radius 3 is 2.64 bits per heavy atom. The lowest BCUT2D eigenvalue weighted by Gasteiger charge is -2.44. The number of piperazine rings is 1. The molecule has 2 fully saturated rings. The summed E-state index contributed by atoms with van der Waals surface area (Å²) < 4.78 is 11.2. The Morgan fingerprint density at radius 1 is 1.28 bits per heavy atom. The molecular weight excluding hydrogens is 322 g/mol. The fraction of sp³-hybridized carbons (Fsp3) is 0.556. The Hall–Kier alpha value is -2.28. The zero-order valence-corrected chi connectivity index (χ0v) is 14.9. The lowest BCUT2D eigenvalue weighted by Crippen LogP contribution is -2.65. The van der Waals surface area contributed by atoms with E-state index >= 15 is 0 Å². The average molecular weight is 347 g/mol. The van der Waals surface area contributed by atoms with Crippen LogP contribution in [-0.2, 0) is 9.59 Å². The number of nitrogens with one attached hydrogen (secondary N) is 1. The maximum absolute atomic E-state index is 12.5. The van der Waals surface area contributed by atoms with Crippen molar-refractivity contribution in [1.29, 1.82) is 0 Å². The van der Waals surface area contributed by atoms with Gasteiger partial charge in [-0.3, -0.25) is 14.5 Å². The highest BCUT2D eigenvalue weighted by atomic mass is 16.5. The first-order valence-electron chi connectivity index (χ1n) is 8.52. The van der Waals surface area contributed by atoms with E-state index in [4.69, 9.17) is 9.47 Å². The number of amides is 2. The highest BCUT2D eigenvalue weighted by Gasteiger charge is 2.40. The van der Waals surface area contributed by atoms with Crippen LogP contribution in [0, 0.1) is 0 Å². The molecule has 1 N–H and O–H groups in total. The van der Waals surface area contributed by atoms with Crippen LogP contribution in [0.25, 0.3) is 0 Å². The zero-order chi connectivity index (χ0) is 18.0. The molecule has 7 nitrogen and oxygen atoms in total. The van der Waals surface area contributed by atoms with E-state index in [0.29, 0.717) is 37.7 Å². The summed E-state index contributed by atoms with van der Waals surface area (Å²) in [6.07, 6.45) is -0.0297. The maximum atomic E-state index is 12.5. The second-order valence-corrected chi connectivity index (χ2v) is 6.93. The molecule has 0 atom stereocenters. The number of nitrogens with zero attached hydrogens (tertiary/aromatic N) is 2. The Labute approximate surface area is 147 Å². The molecule has 2 amide bonds. The molecule has 0 aromatic heterocycles. The number of methoxy groups -OCH3 is 1. The molecule has 2 heterocycles. The minimum atomic E-state index is -0.661. The summed E-state index contributed by atoms with van der Waals surface area (Å²) in [5.74, 6) is 1.37. The van der Waals surface area contributed by atoms with E-state index in [1.807, 2.05) is 43.0 Å². The maximum Gasteiger partial charge on any atom is 0.240 e. The number of ether oxygens (including phenoxy) is 2. The smallest absolute Gasteiger partial charge is 0.240 e. The van der Waals surface area contributed by atoms with Crippen LogP contribution in [0.4, 0.5) is 0 Å². The lowest BCUT2D eigenvalue weighted by atomic mass is 9.98. The van der Waals surface area contributed by atoms with Crippen molar-refractivity contribution in [2.24, 2.45) is 0 Å². The standard InChI is InChI=1S/C18H25N3O4/c1-18(2)17(23)19-8-9-21(18)12-16(22)20-10-13(11-20)25-15-7-5-4-6-14(15)24-3/h4-7,13H,8-12H2,1-3H3,(H,19,23). The number of benzene rings is 1. The van der Waals surface area contributed by atoms with Gasteiger partial charge in [0.2, 0.25) is 11.8 Å². The van der Waals surface area contributed by atoms with Gasteiger partial charge in [0.05, 0.1) is 32.3 Å². The first kappa shape index (κ1) is 17.5. The molecule has 3 rings (SSSR count). The minimum absolute atomic E-state index is 0.0297. The SMILES string of the molecule is COc1ccccc1OC1CN(C(=O)CN2CCNC(=O)C2(C)C)C1. The fourth-order valence-electron chi connectivity index (χ4n) is 3.10. The Morgan fingerprint density at radius 2 is 1.96 bits per heavy atom. The van der Waals surface area contributed by atoms with Crippen LogP contribution in [0.3, 0.4) is 0 Å². The van der Waals surface area contributed by atoms with Gasteiger partial charge in [0.15, 0.2) is 11.5 Å². The molecule has 1 aromatic rings. The Bertz CT molecular complexity index is 655. The second kappa shape index (κ2) is 6.92. The summed E-state index contributed by atoms with van der Waals surface area (Å²) in [5, 5.41) is 2.84. The Balaban J connectivity index is 1.51. The Kier molecular flexibility index (Phi) is 4.85. The third kappa shape index (κ3) is 3.56. The van der Waals surface area contributed by atoms with Gasteiger partial charge in [-0.05, 0) is 26.0 Å². The van der Waals surface area contributed by atoms with E-state index in [-0.39, 0.29) is 24.5 Å². The molecule has 0 saturated carbocycles. The molecule has 0 aliphatic carbocycles. The quantitative estimate of drug-likeness (QED) is 0.840. The van der Waals surface area contributed by atoms with Crippen LogP contribution in [0.2, 0.25) is 0 Å². The van der Waals surface area contributed by atoms with Crippen molar-refractivity contribution in [3.8, 4) is 11.5 Å². The first-order chi connectivity index (χ1) is 11.9. The molecule has 0 radical (unpaired) electrons. The largest absolute Gasteiger partial charge is 0.493 e. The number of rotatable bonds is 5. The highest BCUT2D eigenvalue weighted by molar-refractivity contribution is 5.87. The van der Waals surface area contributed by atoms with Crippen molar-refractivity contribution in [3.05, 3.63) is 24.3 Å². The third-order valence-corrected chi connectivity index (χ3v) is 4.90. The molecule has 2 aliphatic heterocycles. The number of carbonyl (C=O) groups is 2. The highest BCUT2D eigenvalue weighted by Crippen LogP contribution is 2.29. The van der Waals surface area contributed by atoms with Gasteiger partial charge in [0.25, 0.3) is 0 Å². The summed E-state index contributed by atoms with van der Waals surface area (Å²) >= 11 is 0. The van der Waals surface area contributed by atoms with Crippen molar-refractivity contribution in [1.82, 2.24) is 15.1 Å².